The Morgan fingerprint density at radius 1 is 0.955 bits per heavy atom. The molecule has 0 spiro atoms. The van der Waals surface area contributed by atoms with Crippen LogP contribution in [0.4, 0.5) is 32.0 Å². The van der Waals surface area contributed by atoms with Crippen LogP contribution in [0.1, 0.15) is 5.56 Å². The van der Waals surface area contributed by atoms with Gasteiger partial charge in [0.05, 0.1) is 5.56 Å². The molecule has 1 aromatic carbocycles. The fourth-order valence-corrected chi connectivity index (χ4v) is 2.23. The Bertz CT molecular complexity index is 546. The monoisotopic (exact) mass is 326 g/mol. The van der Waals surface area contributed by atoms with Crippen molar-refractivity contribution in [2.75, 3.05) is 31.1 Å². The minimum atomic E-state index is -4.93. The summed E-state index contributed by atoms with van der Waals surface area (Å²) in [4.78, 5) is 13.3. The van der Waals surface area contributed by atoms with Crippen molar-refractivity contribution < 1.29 is 31.1 Å². The first-order valence-electron chi connectivity index (χ1n) is 6.37. The molecule has 0 radical (unpaired) electrons. The maximum atomic E-state index is 12.6. The molecule has 1 aromatic rings. The van der Waals surface area contributed by atoms with E-state index in [0.717, 1.165) is 12.1 Å². The Morgan fingerprint density at radius 3 is 2.05 bits per heavy atom. The predicted octanol–water partition coefficient (Wildman–Crippen LogP) is 2.92. The lowest BCUT2D eigenvalue weighted by Gasteiger charge is -2.36. The summed E-state index contributed by atoms with van der Waals surface area (Å²) in [5.74, 6) is -1.92. The quantitative estimate of drug-likeness (QED) is 0.741. The van der Waals surface area contributed by atoms with E-state index in [0.29, 0.717) is 4.90 Å². The number of piperazine rings is 1. The van der Waals surface area contributed by atoms with Crippen molar-refractivity contribution in [1.82, 2.24) is 4.90 Å². The molecule has 0 saturated carbocycles. The lowest BCUT2D eigenvalue weighted by molar-refractivity contribution is -0.185. The van der Waals surface area contributed by atoms with Crippen molar-refractivity contribution in [3.8, 4) is 0 Å². The molecule has 122 valence electrons. The van der Waals surface area contributed by atoms with Crippen molar-refractivity contribution in [3.05, 3.63) is 29.8 Å². The number of carbonyl (C=O) groups excluding carboxylic acids is 1. The summed E-state index contributed by atoms with van der Waals surface area (Å²) in [6.45, 7) is -0.282. The Kier molecular flexibility index (Phi) is 4.25. The van der Waals surface area contributed by atoms with Crippen LogP contribution < -0.4 is 4.90 Å². The van der Waals surface area contributed by atoms with Crippen molar-refractivity contribution >= 4 is 11.6 Å². The third-order valence-electron chi connectivity index (χ3n) is 3.35. The number of alkyl halides is 6. The Morgan fingerprint density at radius 2 is 1.55 bits per heavy atom. The number of halogens is 6. The average molecular weight is 326 g/mol. The van der Waals surface area contributed by atoms with Gasteiger partial charge in [0.1, 0.15) is 0 Å². The summed E-state index contributed by atoms with van der Waals surface area (Å²) < 4.78 is 74.8. The summed E-state index contributed by atoms with van der Waals surface area (Å²) >= 11 is 0. The highest BCUT2D eigenvalue weighted by Crippen LogP contribution is 2.32. The Balaban J connectivity index is 2.05. The topological polar surface area (TPSA) is 23.6 Å². The third kappa shape index (κ3) is 3.63. The van der Waals surface area contributed by atoms with Gasteiger partial charge in [-0.15, -0.1) is 0 Å². The van der Waals surface area contributed by atoms with Crippen LogP contribution in [-0.4, -0.2) is 43.2 Å². The molecule has 9 heteroatoms. The van der Waals surface area contributed by atoms with E-state index >= 15 is 0 Å². The fraction of sp³-hybridized carbons (Fsp3) is 0.462. The molecule has 0 N–H and O–H groups in total. The van der Waals surface area contributed by atoms with E-state index in [1.807, 2.05) is 0 Å². The lowest BCUT2D eigenvalue weighted by Crippen LogP contribution is -2.52. The van der Waals surface area contributed by atoms with Gasteiger partial charge < -0.3 is 9.80 Å². The zero-order chi connectivity index (χ0) is 16.5. The minimum absolute atomic E-state index is 0.0448. The second-order valence-electron chi connectivity index (χ2n) is 4.83. The molecule has 1 aliphatic heterocycles. The molecule has 0 aliphatic carbocycles. The first-order chi connectivity index (χ1) is 10.1. The van der Waals surface area contributed by atoms with Crippen LogP contribution in [0.5, 0.6) is 0 Å². The van der Waals surface area contributed by atoms with Gasteiger partial charge in [-0.3, -0.25) is 4.79 Å². The molecule has 1 aliphatic rings. The molecule has 0 unspecified atom stereocenters. The molecule has 0 bridgehead atoms. The first kappa shape index (κ1) is 16.4. The van der Waals surface area contributed by atoms with Gasteiger partial charge in [-0.25, -0.2) is 0 Å². The number of rotatable bonds is 1. The van der Waals surface area contributed by atoms with Crippen molar-refractivity contribution in [2.45, 2.75) is 12.4 Å². The standard InChI is InChI=1S/C13H12F6N2O/c14-12(15,16)9-2-1-3-10(8-9)20-4-6-21(7-5-20)11(22)13(17,18)19/h1-3,8H,4-7H2. The second-order valence-corrected chi connectivity index (χ2v) is 4.83. The first-order valence-corrected chi connectivity index (χ1v) is 6.37. The molecule has 3 nitrogen and oxygen atoms in total. The number of hydrogen-bond acceptors (Lipinski definition) is 2. The summed E-state index contributed by atoms with van der Waals surface area (Å²) in [7, 11) is 0. The van der Waals surface area contributed by atoms with E-state index in [9.17, 15) is 31.1 Å². The van der Waals surface area contributed by atoms with Crippen LogP contribution in [0, 0.1) is 0 Å². The van der Waals surface area contributed by atoms with Crippen LogP contribution >= 0.6 is 0 Å². The van der Waals surface area contributed by atoms with Gasteiger partial charge in [-0.05, 0) is 18.2 Å². The molecule has 0 aromatic heterocycles. The predicted molar refractivity (Wildman–Crippen MR) is 66.3 cm³/mol. The van der Waals surface area contributed by atoms with E-state index in [1.54, 1.807) is 0 Å². The fourth-order valence-electron chi connectivity index (χ4n) is 2.23. The van der Waals surface area contributed by atoms with Crippen molar-refractivity contribution in [1.29, 1.82) is 0 Å². The second kappa shape index (κ2) is 5.69. The van der Waals surface area contributed by atoms with Crippen LogP contribution in [0.25, 0.3) is 0 Å². The van der Waals surface area contributed by atoms with Gasteiger partial charge in [-0.2, -0.15) is 26.3 Å². The number of anilines is 1. The highest BCUT2D eigenvalue weighted by atomic mass is 19.4. The van der Waals surface area contributed by atoms with Crippen molar-refractivity contribution in [3.63, 3.8) is 0 Å². The number of carbonyl (C=O) groups is 1. The van der Waals surface area contributed by atoms with Gasteiger partial charge in [0, 0.05) is 31.9 Å². The molecule has 2 rings (SSSR count). The molecule has 1 heterocycles. The van der Waals surface area contributed by atoms with Gasteiger partial charge in [0.2, 0.25) is 0 Å². The van der Waals surface area contributed by atoms with Crippen molar-refractivity contribution in [2.24, 2.45) is 0 Å². The zero-order valence-electron chi connectivity index (χ0n) is 11.2. The number of amides is 1. The van der Waals surface area contributed by atoms with Crippen LogP contribution in [0.15, 0.2) is 24.3 Å². The number of benzene rings is 1. The zero-order valence-corrected chi connectivity index (χ0v) is 11.2. The van der Waals surface area contributed by atoms with Gasteiger partial charge >= 0.3 is 18.3 Å². The minimum Gasteiger partial charge on any atom is -0.368 e. The maximum absolute atomic E-state index is 12.6. The molecule has 22 heavy (non-hydrogen) atoms. The Hall–Kier alpha value is -1.93. The average Bonchev–Trinajstić information content (AvgIpc) is 2.45. The molecule has 0 atom stereocenters. The number of hydrogen-bond donors (Lipinski definition) is 0. The number of nitrogens with zero attached hydrogens (tertiary/aromatic N) is 2. The summed E-state index contributed by atoms with van der Waals surface area (Å²) in [5.41, 5.74) is -0.548. The highest BCUT2D eigenvalue weighted by Gasteiger charge is 2.43. The van der Waals surface area contributed by atoms with Gasteiger partial charge in [0.25, 0.3) is 0 Å². The SMILES string of the molecule is O=C(N1CCN(c2cccc(C(F)(F)F)c2)CC1)C(F)(F)F. The molecular weight excluding hydrogens is 314 g/mol. The largest absolute Gasteiger partial charge is 0.471 e. The van der Waals surface area contributed by atoms with E-state index in [4.69, 9.17) is 0 Å². The molecule has 1 fully saturated rings. The normalized spacial score (nSPS) is 16.8. The van der Waals surface area contributed by atoms with Crippen LogP contribution in [0.3, 0.4) is 0 Å². The molecule has 1 saturated heterocycles. The van der Waals surface area contributed by atoms with Crippen LogP contribution in [0.2, 0.25) is 0 Å². The van der Waals surface area contributed by atoms with Gasteiger partial charge in [0.15, 0.2) is 0 Å². The summed E-state index contributed by atoms with van der Waals surface area (Å²) in [6.07, 6.45) is -9.41. The smallest absolute Gasteiger partial charge is 0.368 e. The molecule has 1 amide bonds. The third-order valence-corrected chi connectivity index (χ3v) is 3.35. The maximum Gasteiger partial charge on any atom is 0.471 e. The van der Waals surface area contributed by atoms with E-state index in [2.05, 4.69) is 0 Å². The lowest BCUT2D eigenvalue weighted by atomic mass is 10.1. The summed E-state index contributed by atoms with van der Waals surface area (Å²) in [6, 6.07) is 4.57. The van der Waals surface area contributed by atoms with Gasteiger partial charge in [-0.1, -0.05) is 6.07 Å². The highest BCUT2D eigenvalue weighted by molar-refractivity contribution is 5.82. The van der Waals surface area contributed by atoms with E-state index in [-0.39, 0.29) is 31.9 Å². The Labute approximate surface area is 122 Å². The molecular formula is C13H12F6N2O. The van der Waals surface area contributed by atoms with E-state index < -0.39 is 23.8 Å². The van der Waals surface area contributed by atoms with E-state index in [1.165, 1.54) is 17.0 Å². The summed E-state index contributed by atoms with van der Waals surface area (Å²) in [5, 5.41) is 0. The van der Waals surface area contributed by atoms with Crippen LogP contribution in [-0.2, 0) is 11.0 Å².